The summed E-state index contributed by atoms with van der Waals surface area (Å²) in [7, 11) is 0. The van der Waals surface area contributed by atoms with Gasteiger partial charge < -0.3 is 20.1 Å². The highest BCUT2D eigenvalue weighted by Crippen LogP contribution is 2.22. The Kier molecular flexibility index (Phi) is 6.82. The summed E-state index contributed by atoms with van der Waals surface area (Å²) in [6.07, 6.45) is 3.41. The summed E-state index contributed by atoms with van der Waals surface area (Å²) < 4.78 is 10.9. The zero-order chi connectivity index (χ0) is 18.3. The standard InChI is InChI=1S/C19H27N2O4/c1-19(2,17(20)22)25-18(23)21-11-8-15(9-12-21)10-13-24-14-16-6-4-3-5-7-16/h3-7,10,15H,8-9,11-14H2,1-2H3,(H2,20,22). The lowest BCUT2D eigenvalue weighted by molar-refractivity contribution is -0.134. The monoisotopic (exact) mass is 347 g/mol. The Balaban J connectivity index is 1.64. The molecule has 0 aromatic heterocycles. The Bertz CT molecular complexity index is 566. The fourth-order valence-corrected chi connectivity index (χ4v) is 2.61. The summed E-state index contributed by atoms with van der Waals surface area (Å²) in [6, 6.07) is 10.1. The molecule has 2 amide bonds. The molecule has 1 aliphatic rings. The molecule has 25 heavy (non-hydrogen) atoms. The molecule has 137 valence electrons. The second-order valence-corrected chi connectivity index (χ2v) is 6.80. The molecule has 1 fully saturated rings. The number of ether oxygens (including phenoxy) is 2. The minimum absolute atomic E-state index is 0.420. The Morgan fingerprint density at radius 1 is 1.24 bits per heavy atom. The fraction of sp³-hybridized carbons (Fsp3) is 0.526. The van der Waals surface area contributed by atoms with Crippen molar-refractivity contribution in [2.75, 3.05) is 19.7 Å². The number of piperidine rings is 1. The third kappa shape index (κ3) is 6.05. The summed E-state index contributed by atoms with van der Waals surface area (Å²) >= 11 is 0. The number of amides is 2. The lowest BCUT2D eigenvalue weighted by atomic mass is 9.94. The van der Waals surface area contributed by atoms with Crippen molar-refractivity contribution < 1.29 is 19.1 Å². The van der Waals surface area contributed by atoms with Gasteiger partial charge in [0.05, 0.1) is 13.2 Å². The van der Waals surface area contributed by atoms with Crippen LogP contribution in [0.2, 0.25) is 0 Å². The zero-order valence-corrected chi connectivity index (χ0v) is 14.9. The van der Waals surface area contributed by atoms with E-state index >= 15 is 0 Å². The van der Waals surface area contributed by atoms with E-state index in [2.05, 4.69) is 6.42 Å². The molecule has 0 atom stereocenters. The predicted octanol–water partition coefficient (Wildman–Crippen LogP) is 2.52. The van der Waals surface area contributed by atoms with Crippen molar-refractivity contribution in [1.29, 1.82) is 0 Å². The number of hydrogen-bond donors (Lipinski definition) is 1. The van der Waals surface area contributed by atoms with Crippen LogP contribution in [-0.4, -0.2) is 42.2 Å². The van der Waals surface area contributed by atoms with Crippen LogP contribution in [0.25, 0.3) is 0 Å². The smallest absolute Gasteiger partial charge is 0.410 e. The minimum atomic E-state index is -1.29. The Labute approximate surface area is 149 Å². The van der Waals surface area contributed by atoms with Crippen LogP contribution in [0.4, 0.5) is 4.79 Å². The molecular weight excluding hydrogens is 320 g/mol. The van der Waals surface area contributed by atoms with Crippen molar-refractivity contribution in [1.82, 2.24) is 4.90 Å². The Morgan fingerprint density at radius 3 is 2.48 bits per heavy atom. The van der Waals surface area contributed by atoms with E-state index in [-0.39, 0.29) is 0 Å². The zero-order valence-electron chi connectivity index (χ0n) is 14.9. The molecule has 0 unspecified atom stereocenters. The van der Waals surface area contributed by atoms with Gasteiger partial charge in [-0.1, -0.05) is 30.3 Å². The highest BCUT2D eigenvalue weighted by molar-refractivity contribution is 5.85. The number of nitrogens with zero attached hydrogens (tertiary/aromatic N) is 1. The average molecular weight is 347 g/mol. The van der Waals surface area contributed by atoms with E-state index in [0.717, 1.165) is 18.4 Å². The molecule has 1 saturated heterocycles. The molecule has 0 bridgehead atoms. The van der Waals surface area contributed by atoms with Crippen LogP contribution in [0.1, 0.15) is 32.3 Å². The molecule has 2 N–H and O–H groups in total. The summed E-state index contributed by atoms with van der Waals surface area (Å²) in [6.45, 7) is 5.40. The molecule has 0 saturated carbocycles. The quantitative estimate of drug-likeness (QED) is 0.769. The van der Waals surface area contributed by atoms with Gasteiger partial charge in [0.25, 0.3) is 5.91 Å². The first-order valence-electron chi connectivity index (χ1n) is 8.61. The normalized spacial score (nSPS) is 15.8. The number of carbonyl (C=O) groups is 2. The molecule has 1 aliphatic heterocycles. The van der Waals surface area contributed by atoms with Crippen LogP contribution in [0, 0.1) is 12.3 Å². The van der Waals surface area contributed by atoms with Crippen LogP contribution in [0.15, 0.2) is 30.3 Å². The lowest BCUT2D eigenvalue weighted by Gasteiger charge is -2.33. The van der Waals surface area contributed by atoms with Gasteiger partial charge in [-0.2, -0.15) is 0 Å². The number of rotatable bonds is 7. The Hall–Kier alpha value is -2.08. The highest BCUT2D eigenvalue weighted by atomic mass is 16.6. The van der Waals surface area contributed by atoms with E-state index in [9.17, 15) is 9.59 Å². The van der Waals surface area contributed by atoms with Crippen LogP contribution < -0.4 is 5.73 Å². The summed E-state index contributed by atoms with van der Waals surface area (Å²) in [5, 5.41) is 0. The number of hydrogen-bond acceptors (Lipinski definition) is 4. The van der Waals surface area contributed by atoms with Crippen molar-refractivity contribution in [3.05, 3.63) is 42.3 Å². The third-order valence-corrected chi connectivity index (χ3v) is 4.39. The van der Waals surface area contributed by atoms with Gasteiger partial charge in [0.15, 0.2) is 5.60 Å². The summed E-state index contributed by atoms with van der Waals surface area (Å²) in [5.74, 6) is -0.233. The first-order valence-corrected chi connectivity index (χ1v) is 8.61. The fourth-order valence-electron chi connectivity index (χ4n) is 2.61. The largest absolute Gasteiger partial charge is 0.433 e. The highest BCUT2D eigenvalue weighted by Gasteiger charge is 2.33. The second kappa shape index (κ2) is 8.85. The van der Waals surface area contributed by atoms with Crippen LogP contribution >= 0.6 is 0 Å². The molecule has 0 aliphatic carbocycles. The minimum Gasteiger partial charge on any atom is -0.433 e. The third-order valence-electron chi connectivity index (χ3n) is 4.39. The molecule has 6 heteroatoms. The first kappa shape index (κ1) is 19.2. The van der Waals surface area contributed by atoms with Crippen LogP contribution in [0.5, 0.6) is 0 Å². The number of likely N-dealkylation sites (tertiary alicyclic amines) is 1. The topological polar surface area (TPSA) is 81.9 Å². The summed E-state index contributed by atoms with van der Waals surface area (Å²) in [4.78, 5) is 25.0. The predicted molar refractivity (Wildman–Crippen MR) is 94.4 cm³/mol. The molecular formula is C19H27N2O4. The molecule has 0 spiro atoms. The number of carbonyl (C=O) groups excluding carboxylic acids is 2. The van der Waals surface area contributed by atoms with E-state index in [1.807, 2.05) is 30.3 Å². The van der Waals surface area contributed by atoms with Crippen molar-refractivity contribution >= 4 is 12.0 Å². The van der Waals surface area contributed by atoms with E-state index in [1.54, 1.807) is 4.90 Å². The van der Waals surface area contributed by atoms with Crippen molar-refractivity contribution in [3.63, 3.8) is 0 Å². The molecule has 1 radical (unpaired) electrons. The maximum Gasteiger partial charge on any atom is 0.410 e. The van der Waals surface area contributed by atoms with E-state index < -0.39 is 17.6 Å². The SMILES string of the molecule is CC(C)(OC(=O)N1CCC([CH]COCc2ccccc2)CC1)C(N)=O. The molecule has 1 aromatic carbocycles. The molecule has 6 nitrogen and oxygen atoms in total. The van der Waals surface area contributed by atoms with Gasteiger partial charge in [0.2, 0.25) is 0 Å². The van der Waals surface area contributed by atoms with Gasteiger partial charge in [-0.25, -0.2) is 4.79 Å². The number of primary amides is 1. The van der Waals surface area contributed by atoms with E-state index in [0.29, 0.717) is 32.2 Å². The maximum absolute atomic E-state index is 12.1. The first-order chi connectivity index (χ1) is 11.9. The lowest BCUT2D eigenvalue weighted by Crippen LogP contribution is -2.47. The van der Waals surface area contributed by atoms with E-state index in [4.69, 9.17) is 15.2 Å². The molecule has 1 heterocycles. The van der Waals surface area contributed by atoms with Crippen LogP contribution in [-0.2, 0) is 20.9 Å². The average Bonchev–Trinajstić information content (AvgIpc) is 2.59. The van der Waals surface area contributed by atoms with Crippen molar-refractivity contribution in [3.8, 4) is 0 Å². The molecule has 1 aromatic rings. The Morgan fingerprint density at radius 2 is 1.88 bits per heavy atom. The van der Waals surface area contributed by atoms with Crippen LogP contribution in [0.3, 0.4) is 0 Å². The van der Waals surface area contributed by atoms with Gasteiger partial charge in [-0.3, -0.25) is 4.79 Å². The van der Waals surface area contributed by atoms with Crippen molar-refractivity contribution in [2.45, 2.75) is 38.9 Å². The summed E-state index contributed by atoms with van der Waals surface area (Å²) in [5.41, 5.74) is 5.10. The van der Waals surface area contributed by atoms with Gasteiger partial charge >= 0.3 is 6.09 Å². The maximum atomic E-state index is 12.1. The number of nitrogens with two attached hydrogens (primary N) is 1. The van der Waals surface area contributed by atoms with Gasteiger partial charge in [-0.05, 0) is 44.6 Å². The van der Waals surface area contributed by atoms with Gasteiger partial charge in [0, 0.05) is 13.1 Å². The molecule has 2 rings (SSSR count). The van der Waals surface area contributed by atoms with Gasteiger partial charge in [0.1, 0.15) is 0 Å². The number of benzene rings is 1. The van der Waals surface area contributed by atoms with Crippen molar-refractivity contribution in [2.24, 2.45) is 11.7 Å². The van der Waals surface area contributed by atoms with E-state index in [1.165, 1.54) is 13.8 Å². The van der Waals surface area contributed by atoms with Gasteiger partial charge in [-0.15, -0.1) is 0 Å². The second-order valence-electron chi connectivity index (χ2n) is 6.80.